The lowest BCUT2D eigenvalue weighted by Gasteiger charge is -2.29. The van der Waals surface area contributed by atoms with Crippen LogP contribution >= 0.6 is 0 Å². The van der Waals surface area contributed by atoms with Crippen molar-refractivity contribution >= 4 is 11.0 Å². The molecular weight excluding hydrogens is 324 g/mol. The topological polar surface area (TPSA) is 44.2 Å². The fourth-order valence-corrected chi connectivity index (χ4v) is 3.51. The van der Waals surface area contributed by atoms with Crippen molar-refractivity contribution in [3.63, 3.8) is 0 Å². The normalized spacial score (nSPS) is 15.0. The Kier molecular flexibility index (Phi) is 3.35. The Balaban J connectivity index is 1.81. The summed E-state index contributed by atoms with van der Waals surface area (Å²) in [5.74, 6) is 1.62. The first-order chi connectivity index (χ1) is 12.8. The highest BCUT2D eigenvalue weighted by Gasteiger charge is 2.30. The summed E-state index contributed by atoms with van der Waals surface area (Å²) in [6, 6.07) is 22.0. The largest absolute Gasteiger partial charge is 0.496 e. The third kappa shape index (κ3) is 2.23. The van der Waals surface area contributed by atoms with Gasteiger partial charge in [-0.05, 0) is 36.4 Å². The maximum absolute atomic E-state index is 6.40. The quantitative estimate of drug-likeness (QED) is 0.526. The Morgan fingerprint density at radius 3 is 2.69 bits per heavy atom. The highest BCUT2D eigenvalue weighted by atomic mass is 16.5. The summed E-state index contributed by atoms with van der Waals surface area (Å²) in [7, 11) is 1.68. The molecule has 0 fully saturated rings. The Labute approximate surface area is 151 Å². The van der Waals surface area contributed by atoms with Crippen molar-refractivity contribution in [1.82, 2.24) is 9.97 Å². The minimum Gasteiger partial charge on any atom is -0.496 e. The molecule has 4 nitrogen and oxygen atoms in total. The summed E-state index contributed by atoms with van der Waals surface area (Å²) < 4.78 is 12.0. The van der Waals surface area contributed by atoms with Gasteiger partial charge in [0.25, 0.3) is 0 Å². The van der Waals surface area contributed by atoms with Gasteiger partial charge in [0.15, 0.2) is 11.8 Å². The molecule has 0 spiro atoms. The molecule has 0 saturated heterocycles. The first-order valence-corrected chi connectivity index (χ1v) is 8.50. The Morgan fingerprint density at radius 1 is 0.923 bits per heavy atom. The number of pyridine rings is 2. The zero-order valence-corrected chi connectivity index (χ0v) is 14.2. The van der Waals surface area contributed by atoms with Gasteiger partial charge >= 0.3 is 0 Å². The number of rotatable bonds is 2. The fraction of sp³-hybridized carbons (Fsp3) is 0.0909. The molecule has 0 saturated carbocycles. The van der Waals surface area contributed by atoms with Gasteiger partial charge in [0, 0.05) is 28.3 Å². The highest BCUT2D eigenvalue weighted by molar-refractivity contribution is 5.83. The van der Waals surface area contributed by atoms with E-state index in [4.69, 9.17) is 14.5 Å². The van der Waals surface area contributed by atoms with Crippen LogP contribution in [0.3, 0.4) is 0 Å². The van der Waals surface area contributed by atoms with Crippen LogP contribution < -0.4 is 9.47 Å². The van der Waals surface area contributed by atoms with Crippen LogP contribution in [0.4, 0.5) is 0 Å². The number of hydrogen-bond acceptors (Lipinski definition) is 4. The van der Waals surface area contributed by atoms with Gasteiger partial charge in [0.2, 0.25) is 0 Å². The second kappa shape index (κ2) is 5.85. The summed E-state index contributed by atoms with van der Waals surface area (Å²) >= 11 is 0. The predicted molar refractivity (Wildman–Crippen MR) is 100 cm³/mol. The van der Waals surface area contributed by atoms with E-state index in [1.54, 1.807) is 13.3 Å². The number of ether oxygens (including phenoxy) is 2. The van der Waals surface area contributed by atoms with Crippen molar-refractivity contribution in [3.8, 4) is 22.8 Å². The number of aromatic nitrogens is 2. The number of fused-ring (bicyclic) bond motifs is 4. The molecule has 0 amide bonds. The third-order valence-electron chi connectivity index (χ3n) is 4.71. The molecule has 5 rings (SSSR count). The van der Waals surface area contributed by atoms with E-state index in [-0.39, 0.29) is 6.10 Å². The Morgan fingerprint density at radius 2 is 1.77 bits per heavy atom. The minimum atomic E-state index is -0.284. The van der Waals surface area contributed by atoms with Crippen LogP contribution in [-0.2, 0) is 0 Å². The minimum absolute atomic E-state index is 0.284. The molecule has 1 unspecified atom stereocenters. The molecule has 2 aromatic carbocycles. The maximum atomic E-state index is 6.40. The Bertz CT molecular complexity index is 1120. The van der Waals surface area contributed by atoms with Crippen LogP contribution in [0.5, 0.6) is 11.5 Å². The fourth-order valence-electron chi connectivity index (χ4n) is 3.51. The van der Waals surface area contributed by atoms with Crippen molar-refractivity contribution in [3.05, 3.63) is 84.1 Å². The van der Waals surface area contributed by atoms with Crippen LogP contribution in [0.15, 0.2) is 72.9 Å². The number of nitrogens with zero attached hydrogens (tertiary/aromatic N) is 2. The Hall–Kier alpha value is -3.40. The van der Waals surface area contributed by atoms with Gasteiger partial charge in [-0.3, -0.25) is 0 Å². The third-order valence-corrected chi connectivity index (χ3v) is 4.71. The van der Waals surface area contributed by atoms with Gasteiger partial charge < -0.3 is 9.47 Å². The molecule has 4 aromatic rings. The zero-order valence-electron chi connectivity index (χ0n) is 14.2. The second-order valence-electron chi connectivity index (χ2n) is 6.21. The summed E-state index contributed by atoms with van der Waals surface area (Å²) in [5.41, 5.74) is 4.64. The van der Waals surface area contributed by atoms with Crippen LogP contribution in [0.25, 0.3) is 22.3 Å². The monoisotopic (exact) mass is 340 g/mol. The van der Waals surface area contributed by atoms with Gasteiger partial charge in [-0.25, -0.2) is 9.97 Å². The average molecular weight is 340 g/mol. The van der Waals surface area contributed by atoms with E-state index in [1.165, 1.54) is 0 Å². The molecule has 1 aliphatic heterocycles. The van der Waals surface area contributed by atoms with Gasteiger partial charge in [-0.1, -0.05) is 30.3 Å². The second-order valence-corrected chi connectivity index (χ2v) is 6.21. The molecule has 1 aliphatic rings. The molecule has 4 heteroatoms. The number of benzene rings is 2. The molecule has 2 aromatic heterocycles. The lowest BCUT2D eigenvalue weighted by molar-refractivity contribution is 0.237. The molecule has 0 bridgehead atoms. The van der Waals surface area contributed by atoms with E-state index in [0.717, 1.165) is 44.9 Å². The summed E-state index contributed by atoms with van der Waals surface area (Å²) in [6.07, 6.45) is 1.48. The molecule has 126 valence electrons. The molecule has 0 aliphatic carbocycles. The number of hydrogen-bond donors (Lipinski definition) is 0. The lowest BCUT2D eigenvalue weighted by Crippen LogP contribution is -2.17. The molecule has 0 radical (unpaired) electrons. The van der Waals surface area contributed by atoms with E-state index in [2.05, 4.69) is 11.1 Å². The molecular formula is C22H16N2O2. The van der Waals surface area contributed by atoms with Crippen molar-refractivity contribution in [1.29, 1.82) is 0 Å². The van der Waals surface area contributed by atoms with Gasteiger partial charge in [-0.2, -0.15) is 0 Å². The van der Waals surface area contributed by atoms with Gasteiger partial charge in [0.05, 0.1) is 12.8 Å². The zero-order chi connectivity index (χ0) is 17.5. The van der Waals surface area contributed by atoms with E-state index >= 15 is 0 Å². The first-order valence-electron chi connectivity index (χ1n) is 8.50. The van der Waals surface area contributed by atoms with E-state index in [9.17, 15) is 0 Å². The summed E-state index contributed by atoms with van der Waals surface area (Å²) in [6.45, 7) is 0. The lowest BCUT2D eigenvalue weighted by atomic mass is 9.92. The highest BCUT2D eigenvalue weighted by Crippen LogP contribution is 2.46. The van der Waals surface area contributed by atoms with Crippen molar-refractivity contribution in [2.75, 3.05) is 7.11 Å². The molecule has 0 N–H and O–H groups in total. The van der Waals surface area contributed by atoms with Crippen LogP contribution in [-0.4, -0.2) is 17.1 Å². The van der Waals surface area contributed by atoms with E-state index < -0.39 is 0 Å². The standard InChI is InChI=1S/C22H16N2O2/c1-25-18-10-4-3-9-16(18)21-17-13-14-7-6-12-23-22(14)24-20(17)15-8-2-5-11-19(15)26-21/h2-13,21H,1H3. The van der Waals surface area contributed by atoms with Gasteiger partial charge in [0.1, 0.15) is 11.5 Å². The maximum Gasteiger partial charge on any atom is 0.159 e. The van der Waals surface area contributed by atoms with Crippen LogP contribution in [0.1, 0.15) is 17.2 Å². The SMILES string of the molecule is COc1ccccc1C1Oc2ccccc2-c2nc3ncccc3cc21. The smallest absolute Gasteiger partial charge is 0.159 e. The van der Waals surface area contributed by atoms with Crippen molar-refractivity contribution in [2.24, 2.45) is 0 Å². The van der Waals surface area contributed by atoms with E-state index in [0.29, 0.717) is 0 Å². The average Bonchev–Trinajstić information content (AvgIpc) is 2.72. The van der Waals surface area contributed by atoms with Crippen LogP contribution in [0.2, 0.25) is 0 Å². The summed E-state index contributed by atoms with van der Waals surface area (Å²) in [4.78, 5) is 9.27. The predicted octanol–water partition coefficient (Wildman–Crippen LogP) is 4.79. The first kappa shape index (κ1) is 14.9. The van der Waals surface area contributed by atoms with Crippen LogP contribution in [0, 0.1) is 0 Å². The number of methoxy groups -OCH3 is 1. The molecule has 26 heavy (non-hydrogen) atoms. The molecule has 1 atom stereocenters. The van der Waals surface area contributed by atoms with Crippen molar-refractivity contribution < 1.29 is 9.47 Å². The van der Waals surface area contributed by atoms with E-state index in [1.807, 2.05) is 60.7 Å². The number of para-hydroxylation sites is 2. The van der Waals surface area contributed by atoms with Gasteiger partial charge in [-0.15, -0.1) is 0 Å². The van der Waals surface area contributed by atoms with Crippen molar-refractivity contribution in [2.45, 2.75) is 6.10 Å². The summed E-state index contributed by atoms with van der Waals surface area (Å²) in [5, 5.41) is 0.995. The molecule has 3 heterocycles.